The third-order valence-electron chi connectivity index (χ3n) is 4.20. The molecule has 2 aromatic carbocycles. The fraction of sp³-hybridized carbons (Fsp3) is 0.200. The average molecular weight is 336 g/mol. The Hall–Kier alpha value is -2.33. The summed E-state index contributed by atoms with van der Waals surface area (Å²) in [5.74, 6) is 0.742. The second-order valence-electron chi connectivity index (χ2n) is 5.89. The fourth-order valence-corrected chi connectivity index (χ4v) is 3.46. The van der Waals surface area contributed by atoms with Gasteiger partial charge in [0, 0.05) is 23.8 Å². The van der Waals surface area contributed by atoms with E-state index in [1.165, 1.54) is 34.0 Å². The van der Waals surface area contributed by atoms with Crippen LogP contribution in [0.5, 0.6) is 0 Å². The molecule has 122 valence electrons. The monoisotopic (exact) mass is 336 g/mol. The summed E-state index contributed by atoms with van der Waals surface area (Å²) in [4.78, 5) is 17.0. The predicted molar refractivity (Wildman–Crippen MR) is 100 cm³/mol. The van der Waals surface area contributed by atoms with E-state index >= 15 is 0 Å². The Morgan fingerprint density at radius 1 is 1.00 bits per heavy atom. The summed E-state index contributed by atoms with van der Waals surface area (Å²) < 4.78 is 1.67. The fourth-order valence-electron chi connectivity index (χ4n) is 2.49. The molecule has 24 heavy (non-hydrogen) atoms. The van der Waals surface area contributed by atoms with Gasteiger partial charge in [-0.05, 0) is 55.2 Å². The van der Waals surface area contributed by atoms with Crippen LogP contribution in [0.4, 0.5) is 0 Å². The normalized spacial score (nSPS) is 10.8. The first-order chi connectivity index (χ1) is 11.6. The number of aryl methyl sites for hydroxylation is 3. The maximum Gasteiger partial charge on any atom is 0.287 e. The van der Waals surface area contributed by atoms with Crippen molar-refractivity contribution in [3.05, 3.63) is 87.5 Å². The topological polar surface area (TPSA) is 34.9 Å². The molecule has 0 radical (unpaired) electrons. The molecule has 4 heteroatoms. The highest BCUT2D eigenvalue weighted by Gasteiger charge is 2.09. The van der Waals surface area contributed by atoms with E-state index < -0.39 is 0 Å². The molecule has 1 heterocycles. The third kappa shape index (κ3) is 3.44. The molecule has 0 saturated heterocycles. The van der Waals surface area contributed by atoms with Crippen LogP contribution in [0.3, 0.4) is 0 Å². The molecular formula is C20H20N2OS. The van der Waals surface area contributed by atoms with Crippen LogP contribution in [0.15, 0.2) is 64.7 Å². The number of thioether (sulfide) groups is 1. The molecule has 0 aliphatic heterocycles. The highest BCUT2D eigenvalue weighted by molar-refractivity contribution is 7.98. The maximum atomic E-state index is 12.8. The average Bonchev–Trinajstić information content (AvgIpc) is 2.58. The highest BCUT2D eigenvalue weighted by Crippen LogP contribution is 2.21. The van der Waals surface area contributed by atoms with Gasteiger partial charge in [0.25, 0.3) is 5.56 Å². The van der Waals surface area contributed by atoms with Crippen molar-refractivity contribution in [2.75, 3.05) is 0 Å². The van der Waals surface area contributed by atoms with E-state index in [1.54, 1.807) is 17.0 Å². The van der Waals surface area contributed by atoms with Gasteiger partial charge in [0.15, 0.2) is 5.03 Å². The van der Waals surface area contributed by atoms with Gasteiger partial charge in [-0.3, -0.25) is 9.36 Å². The molecule has 0 amide bonds. The zero-order valence-electron chi connectivity index (χ0n) is 14.1. The number of nitrogens with zero attached hydrogens (tertiary/aromatic N) is 2. The Labute approximate surface area is 146 Å². The van der Waals surface area contributed by atoms with Crippen LogP contribution >= 0.6 is 11.8 Å². The molecule has 0 fully saturated rings. The van der Waals surface area contributed by atoms with Gasteiger partial charge in [-0.1, -0.05) is 42.1 Å². The SMILES string of the molecule is Cc1ccc(-n2ccnc(SCc3ccccc3C)c2=O)cc1C. The molecule has 3 rings (SSSR count). The van der Waals surface area contributed by atoms with Crippen LogP contribution in [-0.4, -0.2) is 9.55 Å². The summed E-state index contributed by atoms with van der Waals surface area (Å²) >= 11 is 1.49. The van der Waals surface area contributed by atoms with E-state index in [9.17, 15) is 4.79 Å². The molecular weight excluding hydrogens is 316 g/mol. The van der Waals surface area contributed by atoms with Crippen LogP contribution in [0.1, 0.15) is 22.3 Å². The second-order valence-corrected chi connectivity index (χ2v) is 6.86. The van der Waals surface area contributed by atoms with E-state index in [4.69, 9.17) is 0 Å². The van der Waals surface area contributed by atoms with Gasteiger partial charge in [-0.25, -0.2) is 4.98 Å². The Balaban J connectivity index is 1.90. The molecule has 0 bridgehead atoms. The van der Waals surface area contributed by atoms with Crippen molar-refractivity contribution in [1.29, 1.82) is 0 Å². The molecule has 0 aliphatic carbocycles. The van der Waals surface area contributed by atoms with Crippen LogP contribution < -0.4 is 5.56 Å². The van der Waals surface area contributed by atoms with Gasteiger partial charge in [-0.15, -0.1) is 0 Å². The first kappa shape index (κ1) is 16.5. The number of rotatable bonds is 4. The summed E-state index contributed by atoms with van der Waals surface area (Å²) in [5.41, 5.74) is 5.66. The van der Waals surface area contributed by atoms with Gasteiger partial charge < -0.3 is 0 Å². The van der Waals surface area contributed by atoms with Crippen molar-refractivity contribution >= 4 is 11.8 Å². The van der Waals surface area contributed by atoms with Crippen molar-refractivity contribution in [3.8, 4) is 5.69 Å². The van der Waals surface area contributed by atoms with Crippen molar-refractivity contribution in [2.45, 2.75) is 31.6 Å². The van der Waals surface area contributed by atoms with Crippen LogP contribution in [0, 0.1) is 20.8 Å². The van der Waals surface area contributed by atoms with Crippen molar-refractivity contribution in [1.82, 2.24) is 9.55 Å². The minimum absolute atomic E-state index is 0.0701. The van der Waals surface area contributed by atoms with E-state index in [2.05, 4.69) is 37.9 Å². The van der Waals surface area contributed by atoms with E-state index in [0.29, 0.717) is 5.03 Å². The molecule has 3 nitrogen and oxygen atoms in total. The quantitative estimate of drug-likeness (QED) is 0.660. The summed E-state index contributed by atoms with van der Waals surface area (Å²) in [6.45, 7) is 6.21. The smallest absolute Gasteiger partial charge is 0.280 e. The van der Waals surface area contributed by atoms with E-state index in [-0.39, 0.29) is 5.56 Å². The minimum Gasteiger partial charge on any atom is -0.280 e. The largest absolute Gasteiger partial charge is 0.287 e. The summed E-state index contributed by atoms with van der Waals surface area (Å²) in [5, 5.41) is 0.527. The first-order valence-corrected chi connectivity index (χ1v) is 8.87. The standard InChI is InChI=1S/C20H20N2OS/c1-14-8-9-18(12-16(14)3)22-11-10-21-19(20(22)23)24-13-17-7-5-4-6-15(17)2/h4-12H,13H2,1-3H3. The van der Waals surface area contributed by atoms with Gasteiger partial charge in [0.05, 0.1) is 0 Å². The molecule has 0 spiro atoms. The van der Waals surface area contributed by atoms with Crippen molar-refractivity contribution in [3.63, 3.8) is 0 Å². The lowest BCUT2D eigenvalue weighted by Crippen LogP contribution is -2.20. The number of hydrogen-bond acceptors (Lipinski definition) is 3. The zero-order valence-corrected chi connectivity index (χ0v) is 14.9. The van der Waals surface area contributed by atoms with E-state index in [1.807, 2.05) is 30.3 Å². The summed E-state index contributed by atoms with van der Waals surface area (Å²) in [6, 6.07) is 14.3. The predicted octanol–water partition coefficient (Wildman–Crippen LogP) is 4.45. The number of hydrogen-bond donors (Lipinski definition) is 0. The van der Waals surface area contributed by atoms with Crippen molar-refractivity contribution in [2.24, 2.45) is 0 Å². The lowest BCUT2D eigenvalue weighted by Gasteiger charge is -2.10. The maximum absolute atomic E-state index is 12.8. The Morgan fingerprint density at radius 3 is 2.54 bits per heavy atom. The minimum atomic E-state index is -0.0701. The molecule has 0 unspecified atom stereocenters. The van der Waals surface area contributed by atoms with Crippen LogP contribution in [0.25, 0.3) is 5.69 Å². The summed E-state index contributed by atoms with van der Waals surface area (Å²) in [7, 11) is 0. The molecule has 0 N–H and O–H groups in total. The Kier molecular flexibility index (Phi) is 4.86. The van der Waals surface area contributed by atoms with Crippen LogP contribution in [0.2, 0.25) is 0 Å². The highest BCUT2D eigenvalue weighted by atomic mass is 32.2. The van der Waals surface area contributed by atoms with Gasteiger partial charge in [-0.2, -0.15) is 0 Å². The zero-order chi connectivity index (χ0) is 17.1. The van der Waals surface area contributed by atoms with Crippen molar-refractivity contribution < 1.29 is 0 Å². The lowest BCUT2D eigenvalue weighted by molar-refractivity contribution is 0.881. The molecule has 1 aromatic heterocycles. The first-order valence-electron chi connectivity index (χ1n) is 7.89. The van der Waals surface area contributed by atoms with Gasteiger partial charge >= 0.3 is 0 Å². The van der Waals surface area contributed by atoms with E-state index in [0.717, 1.165) is 11.4 Å². The Morgan fingerprint density at radius 2 is 1.79 bits per heavy atom. The second kappa shape index (κ2) is 7.05. The lowest BCUT2D eigenvalue weighted by atomic mass is 10.1. The van der Waals surface area contributed by atoms with Gasteiger partial charge in [0.2, 0.25) is 0 Å². The summed E-state index contributed by atoms with van der Waals surface area (Å²) in [6.07, 6.45) is 3.42. The van der Waals surface area contributed by atoms with Crippen LogP contribution in [-0.2, 0) is 5.75 Å². The number of aromatic nitrogens is 2. The molecule has 0 saturated carbocycles. The Bertz CT molecular complexity index is 931. The molecule has 0 aliphatic rings. The molecule has 3 aromatic rings. The molecule has 0 atom stereocenters. The number of benzene rings is 2. The van der Waals surface area contributed by atoms with Gasteiger partial charge in [0.1, 0.15) is 0 Å². The third-order valence-corrected chi connectivity index (χ3v) is 5.21.